The first-order valence-corrected chi connectivity index (χ1v) is 9.49. The number of carbonyl (C=O) groups is 3. The average Bonchev–Trinajstić information content (AvgIpc) is 2.98. The smallest absolute Gasteiger partial charge is 0.255 e. The van der Waals surface area contributed by atoms with E-state index in [4.69, 9.17) is 0 Å². The van der Waals surface area contributed by atoms with E-state index >= 15 is 0 Å². The SMILES string of the molecule is CCCC(C(=O)NC=O)N1Cc2cc(C3(O)CCN(C)CC3)ccc2C1=O. The normalized spacial score (nSPS) is 20.3. The highest BCUT2D eigenvalue weighted by Crippen LogP contribution is 2.35. The first kappa shape index (κ1) is 19.5. The standard InChI is InChI=1S/C20H27N3O4/c1-3-4-17(18(25)21-13-24)23-12-14-11-15(5-6-16(14)19(23)26)20(27)7-9-22(2)10-8-20/h5-6,11,13,17,27H,3-4,7-10,12H2,1-2H3,(H,21,24,25). The van der Waals surface area contributed by atoms with Crippen LogP contribution in [0.15, 0.2) is 18.2 Å². The molecule has 1 atom stereocenters. The third-order valence-electron chi connectivity index (χ3n) is 5.73. The van der Waals surface area contributed by atoms with Crippen molar-refractivity contribution in [3.05, 3.63) is 34.9 Å². The highest BCUT2D eigenvalue weighted by molar-refractivity contribution is 6.02. The van der Waals surface area contributed by atoms with E-state index in [0.29, 0.717) is 37.8 Å². The number of nitrogens with one attached hydrogen (secondary N) is 1. The molecule has 1 fully saturated rings. The number of nitrogens with zero attached hydrogens (tertiary/aromatic N) is 2. The Morgan fingerprint density at radius 2 is 2.07 bits per heavy atom. The van der Waals surface area contributed by atoms with Crippen LogP contribution in [0.4, 0.5) is 0 Å². The maximum atomic E-state index is 12.8. The second-order valence-electron chi connectivity index (χ2n) is 7.57. The molecule has 1 aromatic rings. The summed E-state index contributed by atoms with van der Waals surface area (Å²) in [7, 11) is 2.04. The number of carbonyl (C=O) groups excluding carboxylic acids is 3. The predicted octanol–water partition coefficient (Wildman–Crippen LogP) is 0.997. The van der Waals surface area contributed by atoms with Gasteiger partial charge in [-0.2, -0.15) is 0 Å². The number of piperidine rings is 1. The molecule has 2 aliphatic rings. The molecule has 27 heavy (non-hydrogen) atoms. The second kappa shape index (κ2) is 7.78. The molecule has 1 saturated heterocycles. The van der Waals surface area contributed by atoms with E-state index in [2.05, 4.69) is 10.2 Å². The summed E-state index contributed by atoms with van der Waals surface area (Å²) in [5, 5.41) is 13.2. The number of hydrogen-bond donors (Lipinski definition) is 2. The van der Waals surface area contributed by atoms with Crippen LogP contribution in [0.5, 0.6) is 0 Å². The summed E-state index contributed by atoms with van der Waals surface area (Å²) in [5.41, 5.74) is 1.34. The predicted molar refractivity (Wildman–Crippen MR) is 99.8 cm³/mol. The second-order valence-corrected chi connectivity index (χ2v) is 7.57. The van der Waals surface area contributed by atoms with Crippen molar-refractivity contribution < 1.29 is 19.5 Å². The molecule has 0 aromatic heterocycles. The van der Waals surface area contributed by atoms with Crippen LogP contribution in [0.3, 0.4) is 0 Å². The van der Waals surface area contributed by atoms with Crippen LogP contribution in [-0.2, 0) is 21.7 Å². The molecule has 3 amide bonds. The van der Waals surface area contributed by atoms with E-state index in [1.165, 1.54) is 4.90 Å². The molecule has 0 aliphatic carbocycles. The Bertz CT molecular complexity index is 741. The summed E-state index contributed by atoms with van der Waals surface area (Å²) >= 11 is 0. The first-order chi connectivity index (χ1) is 12.9. The monoisotopic (exact) mass is 373 g/mol. The number of benzene rings is 1. The minimum Gasteiger partial charge on any atom is -0.385 e. The lowest BCUT2D eigenvalue weighted by atomic mass is 9.83. The molecule has 1 aromatic carbocycles. The Balaban J connectivity index is 1.84. The van der Waals surface area contributed by atoms with Crippen molar-refractivity contribution in [3.63, 3.8) is 0 Å². The fourth-order valence-corrected chi connectivity index (χ4v) is 4.02. The van der Waals surface area contributed by atoms with Crippen molar-refractivity contribution >= 4 is 18.2 Å². The van der Waals surface area contributed by atoms with Crippen LogP contribution in [0.25, 0.3) is 0 Å². The Hall–Kier alpha value is -2.25. The molecule has 2 heterocycles. The van der Waals surface area contributed by atoms with Crippen molar-refractivity contribution in [1.29, 1.82) is 0 Å². The molecule has 146 valence electrons. The summed E-state index contributed by atoms with van der Waals surface area (Å²) < 4.78 is 0. The van der Waals surface area contributed by atoms with Gasteiger partial charge in [-0.05, 0) is 43.5 Å². The quantitative estimate of drug-likeness (QED) is 0.726. The Kier molecular flexibility index (Phi) is 5.62. The van der Waals surface area contributed by atoms with Gasteiger partial charge in [-0.1, -0.05) is 25.5 Å². The van der Waals surface area contributed by atoms with Crippen LogP contribution in [-0.4, -0.2) is 59.3 Å². The molecular formula is C20H27N3O4. The molecule has 7 heteroatoms. The Morgan fingerprint density at radius 1 is 1.37 bits per heavy atom. The third kappa shape index (κ3) is 3.75. The highest BCUT2D eigenvalue weighted by atomic mass is 16.3. The molecular weight excluding hydrogens is 346 g/mol. The fraction of sp³-hybridized carbons (Fsp3) is 0.550. The molecule has 0 spiro atoms. The zero-order chi connectivity index (χ0) is 19.6. The molecule has 7 nitrogen and oxygen atoms in total. The zero-order valence-corrected chi connectivity index (χ0v) is 15.9. The van der Waals surface area contributed by atoms with E-state index < -0.39 is 17.6 Å². The summed E-state index contributed by atoms with van der Waals surface area (Å²) in [6.45, 7) is 3.89. The minimum atomic E-state index is -0.879. The largest absolute Gasteiger partial charge is 0.385 e. The van der Waals surface area contributed by atoms with Gasteiger partial charge in [0.2, 0.25) is 12.3 Å². The molecule has 2 N–H and O–H groups in total. The van der Waals surface area contributed by atoms with Crippen LogP contribution < -0.4 is 5.32 Å². The summed E-state index contributed by atoms with van der Waals surface area (Å²) in [5.74, 6) is -0.659. The highest BCUT2D eigenvalue weighted by Gasteiger charge is 2.38. The van der Waals surface area contributed by atoms with Crippen molar-refractivity contribution in [3.8, 4) is 0 Å². The lowest BCUT2D eigenvalue weighted by Gasteiger charge is -2.37. The van der Waals surface area contributed by atoms with Crippen molar-refractivity contribution in [1.82, 2.24) is 15.1 Å². The lowest BCUT2D eigenvalue weighted by Crippen LogP contribution is -2.46. The molecule has 0 radical (unpaired) electrons. The van der Waals surface area contributed by atoms with Gasteiger partial charge in [0.25, 0.3) is 5.91 Å². The van der Waals surface area contributed by atoms with Gasteiger partial charge < -0.3 is 14.9 Å². The van der Waals surface area contributed by atoms with Gasteiger partial charge in [0, 0.05) is 25.2 Å². The number of rotatable bonds is 6. The van der Waals surface area contributed by atoms with Gasteiger partial charge in [-0.15, -0.1) is 0 Å². The van der Waals surface area contributed by atoms with Gasteiger partial charge in [0.1, 0.15) is 6.04 Å². The van der Waals surface area contributed by atoms with Gasteiger partial charge in [-0.3, -0.25) is 19.7 Å². The summed E-state index contributed by atoms with van der Waals surface area (Å²) in [6.07, 6.45) is 2.87. The van der Waals surface area contributed by atoms with Crippen LogP contribution in [0.1, 0.15) is 54.1 Å². The number of amides is 3. The van der Waals surface area contributed by atoms with E-state index in [1.807, 2.05) is 26.1 Å². The van der Waals surface area contributed by atoms with Crippen molar-refractivity contribution in [2.75, 3.05) is 20.1 Å². The molecule has 2 aliphatic heterocycles. The Labute approximate surface area is 159 Å². The third-order valence-corrected chi connectivity index (χ3v) is 5.73. The Morgan fingerprint density at radius 3 is 2.70 bits per heavy atom. The molecule has 0 bridgehead atoms. The lowest BCUT2D eigenvalue weighted by molar-refractivity contribution is -0.129. The number of likely N-dealkylation sites (tertiary alicyclic amines) is 1. The molecule has 1 unspecified atom stereocenters. The van der Waals surface area contributed by atoms with E-state index in [9.17, 15) is 19.5 Å². The van der Waals surface area contributed by atoms with E-state index in [-0.39, 0.29) is 5.91 Å². The van der Waals surface area contributed by atoms with Crippen LogP contribution in [0.2, 0.25) is 0 Å². The minimum absolute atomic E-state index is 0.202. The maximum Gasteiger partial charge on any atom is 0.255 e. The van der Waals surface area contributed by atoms with E-state index in [1.54, 1.807) is 6.07 Å². The molecule has 0 saturated carbocycles. The van der Waals surface area contributed by atoms with Gasteiger partial charge in [0.15, 0.2) is 0 Å². The van der Waals surface area contributed by atoms with Gasteiger partial charge in [-0.25, -0.2) is 0 Å². The van der Waals surface area contributed by atoms with Crippen molar-refractivity contribution in [2.45, 2.75) is 50.8 Å². The summed E-state index contributed by atoms with van der Waals surface area (Å²) in [4.78, 5) is 39.4. The van der Waals surface area contributed by atoms with Gasteiger partial charge in [0.05, 0.1) is 5.60 Å². The van der Waals surface area contributed by atoms with E-state index in [0.717, 1.165) is 30.6 Å². The van der Waals surface area contributed by atoms with Gasteiger partial charge >= 0.3 is 0 Å². The number of hydrogen-bond acceptors (Lipinski definition) is 5. The van der Waals surface area contributed by atoms with Crippen molar-refractivity contribution in [2.24, 2.45) is 0 Å². The maximum absolute atomic E-state index is 12.8. The topological polar surface area (TPSA) is 89.9 Å². The molecule has 3 rings (SSSR count). The fourth-order valence-electron chi connectivity index (χ4n) is 4.02. The number of aliphatic hydroxyl groups is 1. The number of imide groups is 1. The summed E-state index contributed by atoms with van der Waals surface area (Å²) in [6, 6.07) is 4.81. The zero-order valence-electron chi connectivity index (χ0n) is 15.9. The average molecular weight is 373 g/mol. The van der Waals surface area contributed by atoms with Crippen LogP contribution >= 0.6 is 0 Å². The number of fused-ring (bicyclic) bond motifs is 1. The van der Waals surface area contributed by atoms with Crippen LogP contribution in [0, 0.1) is 0 Å². The first-order valence-electron chi connectivity index (χ1n) is 9.49.